The van der Waals surface area contributed by atoms with Crippen LogP contribution in [-0.2, 0) is 11.1 Å². The van der Waals surface area contributed by atoms with Crippen LogP contribution >= 0.6 is 0 Å². The maximum Gasteiger partial charge on any atom is 0.274 e. The molecule has 1 saturated carbocycles. The zero-order chi connectivity index (χ0) is 9.03. The summed E-state index contributed by atoms with van der Waals surface area (Å²) in [7, 11) is 0. The van der Waals surface area contributed by atoms with Gasteiger partial charge in [0.25, 0.3) is 6.21 Å². The highest BCUT2D eigenvalue weighted by atomic mass is 32.2. The van der Waals surface area contributed by atoms with E-state index in [4.69, 9.17) is 5.53 Å². The van der Waals surface area contributed by atoms with Crippen molar-refractivity contribution in [3.05, 3.63) is 5.53 Å². The van der Waals surface area contributed by atoms with Gasteiger partial charge in [-0.25, -0.2) is 0 Å². The van der Waals surface area contributed by atoms with Gasteiger partial charge >= 0.3 is 0 Å². The number of rotatable bonds is 2. The molecule has 0 saturated heterocycles. The van der Waals surface area contributed by atoms with E-state index in [0.29, 0.717) is 12.8 Å². The maximum absolute atomic E-state index is 10.9. The zero-order valence-corrected chi connectivity index (χ0v) is 7.55. The van der Waals surface area contributed by atoms with Crippen LogP contribution in [0.1, 0.15) is 32.1 Å². The number of nitrogens with zero attached hydrogens (tertiary/aromatic N) is 2. The summed E-state index contributed by atoms with van der Waals surface area (Å²) in [5.41, 5.74) is 8.33. The lowest BCUT2D eigenvalue weighted by Gasteiger charge is -2.31. The third-order valence-electron chi connectivity index (χ3n) is 2.32. The van der Waals surface area contributed by atoms with Crippen molar-refractivity contribution < 1.29 is 13.6 Å². The molecule has 0 aromatic heterocycles. The molecule has 1 aliphatic rings. The molecule has 0 bridgehead atoms. The molecule has 5 heteroatoms. The number of hydrogen-bond acceptors (Lipinski definition) is 2. The average molecular weight is 187 g/mol. The van der Waals surface area contributed by atoms with Gasteiger partial charge in [0.1, 0.15) is 4.75 Å². The second-order valence-electron chi connectivity index (χ2n) is 3.10. The summed E-state index contributed by atoms with van der Waals surface area (Å²) in [6.07, 6.45) is 5.15. The van der Waals surface area contributed by atoms with Crippen LogP contribution in [0.2, 0.25) is 0 Å². The van der Waals surface area contributed by atoms with Gasteiger partial charge in [0.2, 0.25) is 0 Å². The second kappa shape index (κ2) is 3.94. The van der Waals surface area contributed by atoms with E-state index in [2.05, 4.69) is 4.79 Å². The van der Waals surface area contributed by atoms with Gasteiger partial charge in [-0.2, -0.15) is 4.79 Å². The first-order valence-electron chi connectivity index (χ1n) is 3.99. The molecule has 0 heterocycles. The number of hydrogen-bond donors (Lipinski definition) is 0. The van der Waals surface area contributed by atoms with E-state index in [9.17, 15) is 8.76 Å². The second-order valence-corrected chi connectivity index (χ2v) is 4.39. The van der Waals surface area contributed by atoms with Crippen molar-refractivity contribution in [2.24, 2.45) is 0 Å². The molecule has 0 amide bonds. The van der Waals surface area contributed by atoms with E-state index in [-0.39, 0.29) is 0 Å². The molecule has 0 aromatic rings. The van der Waals surface area contributed by atoms with E-state index in [1.54, 1.807) is 0 Å². The third-order valence-corrected chi connectivity index (χ3v) is 3.50. The van der Waals surface area contributed by atoms with Crippen LogP contribution in [0.4, 0.5) is 0 Å². The molecule has 0 spiro atoms. The predicted molar refractivity (Wildman–Crippen MR) is 44.4 cm³/mol. The van der Waals surface area contributed by atoms with Crippen LogP contribution in [0.15, 0.2) is 0 Å². The van der Waals surface area contributed by atoms with Crippen LogP contribution in [0.25, 0.3) is 5.53 Å². The van der Waals surface area contributed by atoms with Gasteiger partial charge in [-0.15, -0.1) is 0 Å². The van der Waals surface area contributed by atoms with Gasteiger partial charge in [-0.3, -0.25) is 4.21 Å². The van der Waals surface area contributed by atoms with Crippen molar-refractivity contribution in [2.45, 2.75) is 36.9 Å². The van der Waals surface area contributed by atoms with E-state index in [1.165, 1.54) is 0 Å². The first-order chi connectivity index (χ1) is 5.71. The summed E-state index contributed by atoms with van der Waals surface area (Å²) in [6.45, 7) is 0. The Balaban J connectivity index is 2.83. The minimum atomic E-state index is -2.17. The topological polar surface area (TPSA) is 76.5 Å². The van der Waals surface area contributed by atoms with Crippen LogP contribution in [0, 0.1) is 0 Å². The highest BCUT2D eigenvalue weighted by Crippen LogP contribution is 2.30. The van der Waals surface area contributed by atoms with Gasteiger partial charge in [-0.1, -0.05) is 19.3 Å². The molecule has 0 N–H and O–H groups in total. The fourth-order valence-corrected chi connectivity index (χ4v) is 2.35. The monoisotopic (exact) mass is 187 g/mol. The largest absolute Gasteiger partial charge is 0.771 e. The Bertz CT molecular complexity index is 226. The van der Waals surface area contributed by atoms with Crippen molar-refractivity contribution in [1.82, 2.24) is 0 Å². The van der Waals surface area contributed by atoms with Gasteiger partial charge in [0.15, 0.2) is 0 Å². The van der Waals surface area contributed by atoms with Crippen molar-refractivity contribution in [2.75, 3.05) is 0 Å². The standard InChI is InChI=1S/C7H12N2O2S/c8-9-6-7(12(10)11)4-2-1-3-5-7/h6H,1-5H2,(H,10,11)/p-1. The Morgan fingerprint density at radius 3 is 2.42 bits per heavy atom. The molecule has 1 atom stereocenters. The lowest BCUT2D eigenvalue weighted by molar-refractivity contribution is -0.00313. The van der Waals surface area contributed by atoms with Gasteiger partial charge in [-0.05, 0) is 23.9 Å². The van der Waals surface area contributed by atoms with Gasteiger partial charge in [0.05, 0.1) is 0 Å². The molecule has 1 unspecified atom stereocenters. The molecule has 1 aliphatic carbocycles. The Kier molecular flexibility index (Phi) is 3.14. The maximum atomic E-state index is 10.9. The lowest BCUT2D eigenvalue weighted by atomic mass is 9.89. The first kappa shape index (κ1) is 9.58. The van der Waals surface area contributed by atoms with Gasteiger partial charge < -0.3 is 10.1 Å². The summed E-state index contributed by atoms with van der Waals surface area (Å²) in [5, 5.41) is 0. The fraction of sp³-hybridized carbons (Fsp3) is 0.857. The Hall–Kier alpha value is -0.510. The molecular weight excluding hydrogens is 176 g/mol. The molecule has 68 valence electrons. The normalized spacial score (nSPS) is 24.1. The Morgan fingerprint density at radius 2 is 2.00 bits per heavy atom. The molecule has 0 radical (unpaired) electrons. The zero-order valence-electron chi connectivity index (χ0n) is 6.73. The minimum absolute atomic E-state index is 0.577. The van der Waals surface area contributed by atoms with Crippen LogP contribution in [0.5, 0.6) is 0 Å². The smallest absolute Gasteiger partial charge is 0.274 e. The molecule has 12 heavy (non-hydrogen) atoms. The molecular formula is C7H11N2O2S-. The summed E-state index contributed by atoms with van der Waals surface area (Å²) in [4.78, 5) is 2.83. The van der Waals surface area contributed by atoms with E-state index < -0.39 is 15.8 Å². The third kappa shape index (κ3) is 1.80. The highest BCUT2D eigenvalue weighted by molar-refractivity contribution is 7.81. The summed E-state index contributed by atoms with van der Waals surface area (Å²) < 4.78 is 20.8. The van der Waals surface area contributed by atoms with Crippen molar-refractivity contribution >= 4 is 17.3 Å². The lowest BCUT2D eigenvalue weighted by Crippen LogP contribution is -2.38. The minimum Gasteiger partial charge on any atom is -0.771 e. The molecule has 1 rings (SSSR count). The SMILES string of the molecule is [N-]=[N+]=CC1(S(=O)[O-])CCCCC1. The molecule has 0 aliphatic heterocycles. The Labute approximate surface area is 73.9 Å². The quantitative estimate of drug-likeness (QED) is 0.278. The molecule has 4 nitrogen and oxygen atoms in total. The fourth-order valence-electron chi connectivity index (χ4n) is 1.59. The van der Waals surface area contributed by atoms with Crippen molar-refractivity contribution in [3.63, 3.8) is 0 Å². The first-order valence-corrected chi connectivity index (χ1v) is 5.07. The summed E-state index contributed by atoms with van der Waals surface area (Å²) in [6, 6.07) is 0. The van der Waals surface area contributed by atoms with Gasteiger partial charge in [0, 0.05) is 0 Å². The summed E-state index contributed by atoms with van der Waals surface area (Å²) in [5.74, 6) is 0. The van der Waals surface area contributed by atoms with Crippen molar-refractivity contribution in [1.29, 1.82) is 0 Å². The van der Waals surface area contributed by atoms with Crippen LogP contribution in [-0.4, -0.2) is 24.5 Å². The van der Waals surface area contributed by atoms with Crippen LogP contribution in [0.3, 0.4) is 0 Å². The average Bonchev–Trinajstić information content (AvgIpc) is 2.06. The highest BCUT2D eigenvalue weighted by Gasteiger charge is 2.35. The Morgan fingerprint density at radius 1 is 1.42 bits per heavy atom. The van der Waals surface area contributed by atoms with E-state index in [0.717, 1.165) is 25.5 Å². The van der Waals surface area contributed by atoms with Crippen LogP contribution < -0.4 is 0 Å². The summed E-state index contributed by atoms with van der Waals surface area (Å²) >= 11 is -2.17. The van der Waals surface area contributed by atoms with Crippen molar-refractivity contribution in [3.8, 4) is 0 Å². The molecule has 1 fully saturated rings. The molecule has 0 aromatic carbocycles. The van der Waals surface area contributed by atoms with E-state index in [1.807, 2.05) is 0 Å². The predicted octanol–water partition coefficient (Wildman–Crippen LogP) is 0.869. The van der Waals surface area contributed by atoms with E-state index >= 15 is 0 Å².